The number of nitrogens with one attached hydrogen (secondary N) is 3. The molecule has 0 bridgehead atoms. The largest absolute Gasteiger partial charge is 0.325 e. The van der Waals surface area contributed by atoms with Crippen molar-refractivity contribution in [2.45, 2.75) is 29.6 Å². The van der Waals surface area contributed by atoms with Crippen molar-refractivity contribution >= 4 is 51.9 Å². The summed E-state index contributed by atoms with van der Waals surface area (Å²) in [4.78, 5) is 15.7. The van der Waals surface area contributed by atoms with Gasteiger partial charge in [-0.3, -0.25) is 10.2 Å². The lowest BCUT2D eigenvalue weighted by Crippen LogP contribution is -2.54. The molecule has 3 N–H and O–H groups in total. The van der Waals surface area contributed by atoms with Crippen LogP contribution in [0.1, 0.15) is 18.0 Å². The van der Waals surface area contributed by atoms with E-state index in [2.05, 4.69) is 43.3 Å². The molecule has 3 unspecified atom stereocenters. The minimum atomic E-state index is -0.0487. The first-order valence-electron chi connectivity index (χ1n) is 10.3. The monoisotopic (exact) mass is 486 g/mol. The number of carbonyl (C=O) groups is 1. The highest BCUT2D eigenvalue weighted by molar-refractivity contribution is 8.14. The number of halogens is 1. The number of benzene rings is 2. The quantitative estimate of drug-likeness (QED) is 0.551. The number of rotatable bonds is 5. The smallest absolute Gasteiger partial charge is 0.234 e. The Morgan fingerprint density at radius 1 is 1.25 bits per heavy atom. The standard InChI is InChI=1S/C22H23ClN6OS2/c1-31-17-4-2-3-16(11-17)24-20(30)13-32-22-26-25-21-19-12-18(14-5-7-15(23)8-6-14)27-29(19)10-9-28(21)22/h2-11,18-19,21,25,27H,12-13H2,1H3,(H,24,30). The van der Waals surface area contributed by atoms with Gasteiger partial charge >= 0.3 is 0 Å². The number of hydrogen-bond donors (Lipinski definition) is 3. The normalized spacial score (nSPS) is 23.4. The second-order valence-electron chi connectivity index (χ2n) is 7.69. The molecule has 2 aromatic rings. The van der Waals surface area contributed by atoms with E-state index in [4.69, 9.17) is 11.6 Å². The van der Waals surface area contributed by atoms with Crippen LogP contribution in [0.15, 0.2) is 70.9 Å². The predicted molar refractivity (Wildman–Crippen MR) is 132 cm³/mol. The minimum Gasteiger partial charge on any atom is -0.325 e. The highest BCUT2D eigenvalue weighted by Crippen LogP contribution is 2.35. The lowest BCUT2D eigenvalue weighted by molar-refractivity contribution is -0.113. The Hall–Kier alpha value is -2.33. The van der Waals surface area contributed by atoms with Crippen molar-refractivity contribution in [2.75, 3.05) is 17.3 Å². The third-order valence-corrected chi connectivity index (χ3v) is 7.61. The van der Waals surface area contributed by atoms with Crippen molar-refractivity contribution in [2.24, 2.45) is 5.10 Å². The first-order chi connectivity index (χ1) is 15.6. The summed E-state index contributed by atoms with van der Waals surface area (Å²) in [5.74, 6) is 0.244. The topological polar surface area (TPSA) is 72.0 Å². The van der Waals surface area contributed by atoms with Crippen LogP contribution in [-0.4, -0.2) is 45.2 Å². The van der Waals surface area contributed by atoms with Crippen LogP contribution in [0.25, 0.3) is 0 Å². The van der Waals surface area contributed by atoms with E-state index in [9.17, 15) is 4.79 Å². The Kier molecular flexibility index (Phi) is 6.23. The maximum absolute atomic E-state index is 12.5. The molecule has 1 amide bonds. The molecule has 0 aliphatic carbocycles. The van der Waals surface area contributed by atoms with E-state index in [1.807, 2.05) is 55.1 Å². The summed E-state index contributed by atoms with van der Waals surface area (Å²) in [6.07, 6.45) is 7.01. The first kappa shape index (κ1) is 21.5. The zero-order valence-corrected chi connectivity index (χ0v) is 19.8. The number of thioether (sulfide) groups is 2. The zero-order valence-electron chi connectivity index (χ0n) is 17.4. The Balaban J connectivity index is 1.17. The van der Waals surface area contributed by atoms with Crippen LogP contribution in [0.3, 0.4) is 0 Å². The molecule has 3 aliphatic rings. The van der Waals surface area contributed by atoms with Gasteiger partial charge in [-0.2, -0.15) is 5.10 Å². The average molecular weight is 487 g/mol. The number of hydrazone groups is 1. The third kappa shape index (κ3) is 4.43. The fourth-order valence-electron chi connectivity index (χ4n) is 4.09. The molecule has 3 heterocycles. The predicted octanol–water partition coefficient (Wildman–Crippen LogP) is 4.04. The Morgan fingerprint density at radius 2 is 2.09 bits per heavy atom. The Morgan fingerprint density at radius 3 is 2.91 bits per heavy atom. The number of amidine groups is 1. The number of hydrogen-bond acceptors (Lipinski definition) is 8. The minimum absolute atomic E-state index is 0.0219. The molecule has 166 valence electrons. The van der Waals surface area contributed by atoms with Crippen LogP contribution in [0.4, 0.5) is 5.69 Å². The molecule has 1 fully saturated rings. The van der Waals surface area contributed by atoms with Crippen molar-refractivity contribution in [3.8, 4) is 0 Å². The van der Waals surface area contributed by atoms with E-state index in [1.54, 1.807) is 11.8 Å². The number of amides is 1. The molecular weight excluding hydrogens is 464 g/mol. The fourth-order valence-corrected chi connectivity index (χ4v) is 5.45. The molecular formula is C22H23ClN6OS2. The van der Waals surface area contributed by atoms with Crippen LogP contribution >= 0.6 is 35.1 Å². The number of nitrogens with zero attached hydrogens (tertiary/aromatic N) is 3. The summed E-state index contributed by atoms with van der Waals surface area (Å²) in [6.45, 7) is 0. The van der Waals surface area contributed by atoms with Crippen LogP contribution in [0.5, 0.6) is 0 Å². The molecule has 32 heavy (non-hydrogen) atoms. The third-order valence-electron chi connectivity index (χ3n) is 5.66. The first-order valence-corrected chi connectivity index (χ1v) is 12.9. The average Bonchev–Trinajstić information content (AvgIpc) is 3.42. The van der Waals surface area contributed by atoms with E-state index in [1.165, 1.54) is 17.3 Å². The molecule has 7 nitrogen and oxygen atoms in total. The van der Waals surface area contributed by atoms with Gasteiger partial charge in [0.1, 0.15) is 6.17 Å². The van der Waals surface area contributed by atoms with Crippen molar-refractivity contribution < 1.29 is 4.79 Å². The van der Waals surface area contributed by atoms with Crippen LogP contribution in [0.2, 0.25) is 5.02 Å². The van der Waals surface area contributed by atoms with Crippen molar-refractivity contribution in [3.63, 3.8) is 0 Å². The van der Waals surface area contributed by atoms with E-state index >= 15 is 0 Å². The second-order valence-corrected chi connectivity index (χ2v) is 9.94. The van der Waals surface area contributed by atoms with Gasteiger partial charge in [-0.15, -0.1) is 11.8 Å². The Bertz CT molecular complexity index is 1060. The van der Waals surface area contributed by atoms with Gasteiger partial charge in [-0.1, -0.05) is 41.6 Å². The van der Waals surface area contributed by atoms with Gasteiger partial charge in [0.05, 0.1) is 17.8 Å². The molecule has 2 aromatic carbocycles. The number of fused-ring (bicyclic) bond motifs is 3. The number of carbonyl (C=O) groups excluding carboxylic acids is 1. The van der Waals surface area contributed by atoms with Gasteiger partial charge in [-0.25, -0.2) is 5.43 Å². The Labute approximate surface area is 200 Å². The van der Waals surface area contributed by atoms with Crippen molar-refractivity contribution in [3.05, 3.63) is 71.5 Å². The van der Waals surface area contributed by atoms with Crippen molar-refractivity contribution in [1.82, 2.24) is 20.8 Å². The molecule has 0 aromatic heterocycles. The van der Waals surface area contributed by atoms with Crippen molar-refractivity contribution in [1.29, 1.82) is 0 Å². The van der Waals surface area contributed by atoms with Crippen LogP contribution < -0.4 is 16.2 Å². The van der Waals surface area contributed by atoms with E-state index in [0.29, 0.717) is 5.75 Å². The summed E-state index contributed by atoms with van der Waals surface area (Å²) >= 11 is 9.12. The second kappa shape index (κ2) is 9.27. The van der Waals surface area contributed by atoms with E-state index in [0.717, 1.165) is 27.2 Å². The lowest BCUT2D eigenvalue weighted by Gasteiger charge is -2.36. The molecule has 3 atom stereocenters. The highest BCUT2D eigenvalue weighted by Gasteiger charge is 2.44. The van der Waals surface area contributed by atoms with Gasteiger partial charge in [-0.05, 0) is 48.6 Å². The highest BCUT2D eigenvalue weighted by atomic mass is 35.5. The summed E-state index contributed by atoms with van der Waals surface area (Å²) in [5, 5.41) is 11.2. The summed E-state index contributed by atoms with van der Waals surface area (Å²) in [6, 6.07) is 16.2. The van der Waals surface area contributed by atoms with E-state index < -0.39 is 0 Å². The van der Waals surface area contributed by atoms with Gasteiger partial charge in [0.15, 0.2) is 5.17 Å². The van der Waals surface area contributed by atoms with Gasteiger partial charge < -0.3 is 15.2 Å². The maximum atomic E-state index is 12.5. The molecule has 10 heteroatoms. The van der Waals surface area contributed by atoms with Crippen LogP contribution in [-0.2, 0) is 4.79 Å². The van der Waals surface area contributed by atoms with Gasteiger partial charge in [0.2, 0.25) is 5.91 Å². The van der Waals surface area contributed by atoms with E-state index in [-0.39, 0.29) is 24.2 Å². The van der Waals surface area contributed by atoms with Gasteiger partial charge in [0.25, 0.3) is 0 Å². The fraction of sp³-hybridized carbons (Fsp3) is 0.273. The molecule has 5 rings (SSSR count). The summed E-state index contributed by atoms with van der Waals surface area (Å²) in [5.41, 5.74) is 8.83. The molecule has 0 saturated carbocycles. The SMILES string of the molecule is CSc1cccc(NC(=O)CSC2=NNC3C4CC(c5ccc(Cl)cc5)NN4C=CN23)c1. The molecule has 0 radical (unpaired) electrons. The maximum Gasteiger partial charge on any atom is 0.234 e. The molecule has 1 saturated heterocycles. The molecule has 3 aliphatic heterocycles. The van der Waals surface area contributed by atoms with Gasteiger partial charge in [0, 0.05) is 28.0 Å². The number of anilines is 1. The lowest BCUT2D eigenvalue weighted by atomic mass is 10.00. The summed E-state index contributed by atoms with van der Waals surface area (Å²) in [7, 11) is 0. The molecule has 0 spiro atoms. The number of hydrazine groups is 1. The summed E-state index contributed by atoms with van der Waals surface area (Å²) < 4.78 is 0. The zero-order chi connectivity index (χ0) is 22.1. The van der Waals surface area contributed by atoms with Crippen LogP contribution in [0, 0.1) is 0 Å².